The molecule has 0 saturated heterocycles. The molecule has 2 N–H and O–H groups in total. The highest BCUT2D eigenvalue weighted by molar-refractivity contribution is 9.10. The first-order valence-electron chi connectivity index (χ1n) is 9.54. The molecular weight excluding hydrogens is 436 g/mol. The third-order valence-electron chi connectivity index (χ3n) is 3.97. The van der Waals surface area contributed by atoms with E-state index in [0.29, 0.717) is 40.3 Å². The Hall–Kier alpha value is -2.54. The normalized spacial score (nSPS) is 10.6. The highest BCUT2D eigenvalue weighted by Crippen LogP contribution is 2.37. The number of hydrogen-bond donors (Lipinski definition) is 2. The van der Waals surface area contributed by atoms with Crippen LogP contribution in [0.2, 0.25) is 0 Å². The Kier molecular flexibility index (Phi) is 8.51. The predicted molar refractivity (Wildman–Crippen MR) is 118 cm³/mol. The fourth-order valence-electron chi connectivity index (χ4n) is 2.66. The summed E-state index contributed by atoms with van der Waals surface area (Å²) in [5.74, 6) is 0.773. The second kappa shape index (κ2) is 10.9. The minimum Gasteiger partial charge on any atom is -0.493 e. The molecule has 0 bridgehead atoms. The van der Waals surface area contributed by atoms with Crippen molar-refractivity contribution in [1.29, 1.82) is 0 Å². The molecule has 7 heteroatoms. The molecule has 0 unspecified atom stereocenters. The van der Waals surface area contributed by atoms with Crippen molar-refractivity contribution in [3.8, 4) is 11.5 Å². The van der Waals surface area contributed by atoms with E-state index in [1.54, 1.807) is 24.3 Å². The molecule has 0 aliphatic heterocycles. The first kappa shape index (κ1) is 22.7. The summed E-state index contributed by atoms with van der Waals surface area (Å²) in [5.41, 5.74) is 1.96. The molecular formula is C22H27BrN2O4. The van der Waals surface area contributed by atoms with Gasteiger partial charge in [0.15, 0.2) is 11.5 Å². The van der Waals surface area contributed by atoms with E-state index in [1.165, 1.54) is 7.11 Å². The summed E-state index contributed by atoms with van der Waals surface area (Å²) in [4.78, 5) is 24.5. The second-order valence-corrected chi connectivity index (χ2v) is 7.74. The van der Waals surface area contributed by atoms with Crippen LogP contribution in [-0.4, -0.2) is 31.6 Å². The van der Waals surface area contributed by atoms with Crippen LogP contribution in [0, 0.1) is 0 Å². The number of halogens is 1. The maximum atomic E-state index is 12.7. The van der Waals surface area contributed by atoms with Crippen molar-refractivity contribution in [2.45, 2.75) is 39.7 Å². The molecule has 0 spiro atoms. The molecule has 2 amide bonds. The number of ether oxygens (including phenoxy) is 2. The van der Waals surface area contributed by atoms with Crippen molar-refractivity contribution in [1.82, 2.24) is 5.32 Å². The summed E-state index contributed by atoms with van der Waals surface area (Å²) in [6.45, 7) is 6.42. The Bertz CT molecular complexity index is 851. The SMILES string of the molecule is CCCOc1c(Br)cc(C(=O)Nc2ccc(CC(=O)NC(C)C)cc2)cc1OC. The van der Waals surface area contributed by atoms with Gasteiger partial charge in [-0.25, -0.2) is 0 Å². The molecule has 6 nitrogen and oxygen atoms in total. The van der Waals surface area contributed by atoms with E-state index in [-0.39, 0.29) is 17.9 Å². The number of anilines is 1. The van der Waals surface area contributed by atoms with Gasteiger partial charge in [-0.05, 0) is 66.0 Å². The fraction of sp³-hybridized carbons (Fsp3) is 0.364. The van der Waals surface area contributed by atoms with E-state index >= 15 is 0 Å². The quantitative estimate of drug-likeness (QED) is 0.572. The average molecular weight is 463 g/mol. The number of methoxy groups -OCH3 is 1. The van der Waals surface area contributed by atoms with Crippen LogP contribution in [0.5, 0.6) is 11.5 Å². The van der Waals surface area contributed by atoms with Gasteiger partial charge in [0.25, 0.3) is 5.91 Å². The first-order chi connectivity index (χ1) is 13.8. The molecule has 0 saturated carbocycles. The van der Waals surface area contributed by atoms with Gasteiger partial charge in [-0.3, -0.25) is 9.59 Å². The third-order valence-corrected chi connectivity index (χ3v) is 4.56. The lowest BCUT2D eigenvalue weighted by Crippen LogP contribution is -2.31. The van der Waals surface area contributed by atoms with E-state index in [9.17, 15) is 9.59 Å². The summed E-state index contributed by atoms with van der Waals surface area (Å²) in [5, 5.41) is 5.71. The maximum absolute atomic E-state index is 12.7. The monoisotopic (exact) mass is 462 g/mol. The Labute approximate surface area is 180 Å². The average Bonchev–Trinajstić information content (AvgIpc) is 2.67. The molecule has 0 fully saturated rings. The van der Waals surface area contributed by atoms with Crippen molar-refractivity contribution < 1.29 is 19.1 Å². The molecule has 0 atom stereocenters. The number of benzene rings is 2. The molecule has 0 aromatic heterocycles. The molecule has 2 rings (SSSR count). The van der Waals surface area contributed by atoms with Gasteiger partial charge in [-0.15, -0.1) is 0 Å². The smallest absolute Gasteiger partial charge is 0.255 e. The van der Waals surface area contributed by atoms with Gasteiger partial charge in [0.2, 0.25) is 5.91 Å². The van der Waals surface area contributed by atoms with Gasteiger partial charge in [0.05, 0.1) is 24.6 Å². The highest BCUT2D eigenvalue weighted by Gasteiger charge is 2.16. The minimum absolute atomic E-state index is 0.0286. The standard InChI is InChI=1S/C22H27BrN2O4/c1-5-10-29-21-18(23)12-16(13-19(21)28-4)22(27)25-17-8-6-15(7-9-17)11-20(26)24-14(2)3/h6-9,12-14H,5,10-11H2,1-4H3,(H,24,26)(H,25,27). The summed E-state index contributed by atoms with van der Waals surface area (Å²) in [6.07, 6.45) is 1.17. The largest absolute Gasteiger partial charge is 0.493 e. The number of rotatable bonds is 9. The summed E-state index contributed by atoms with van der Waals surface area (Å²) in [7, 11) is 1.54. The van der Waals surface area contributed by atoms with Gasteiger partial charge in [-0.2, -0.15) is 0 Å². The molecule has 156 valence electrons. The van der Waals surface area contributed by atoms with Gasteiger partial charge >= 0.3 is 0 Å². The molecule has 0 radical (unpaired) electrons. The van der Waals surface area contributed by atoms with Crippen LogP contribution in [0.25, 0.3) is 0 Å². The lowest BCUT2D eigenvalue weighted by atomic mass is 10.1. The molecule has 0 aliphatic carbocycles. The van der Waals surface area contributed by atoms with E-state index in [4.69, 9.17) is 9.47 Å². The van der Waals surface area contributed by atoms with Crippen molar-refractivity contribution in [2.24, 2.45) is 0 Å². The Morgan fingerprint density at radius 1 is 1.14 bits per heavy atom. The van der Waals surface area contributed by atoms with E-state index in [2.05, 4.69) is 26.6 Å². The minimum atomic E-state index is -0.267. The number of carbonyl (C=O) groups is 2. The number of amides is 2. The molecule has 2 aromatic carbocycles. The summed E-state index contributed by atoms with van der Waals surface area (Å²) < 4.78 is 11.7. The highest BCUT2D eigenvalue weighted by atomic mass is 79.9. The van der Waals surface area contributed by atoms with Crippen LogP contribution in [0.3, 0.4) is 0 Å². The van der Waals surface area contributed by atoms with Gasteiger partial charge in [0, 0.05) is 17.3 Å². The molecule has 0 aliphatic rings. The lowest BCUT2D eigenvalue weighted by Gasteiger charge is -2.14. The van der Waals surface area contributed by atoms with Crippen LogP contribution in [0.15, 0.2) is 40.9 Å². The maximum Gasteiger partial charge on any atom is 0.255 e. The number of nitrogens with one attached hydrogen (secondary N) is 2. The van der Waals surface area contributed by atoms with Gasteiger partial charge < -0.3 is 20.1 Å². The third kappa shape index (κ3) is 6.78. The van der Waals surface area contributed by atoms with Crippen LogP contribution in [0.4, 0.5) is 5.69 Å². The van der Waals surface area contributed by atoms with Crippen molar-refractivity contribution in [3.63, 3.8) is 0 Å². The zero-order valence-corrected chi connectivity index (χ0v) is 18.8. The van der Waals surface area contributed by atoms with Crippen LogP contribution >= 0.6 is 15.9 Å². The van der Waals surface area contributed by atoms with Crippen molar-refractivity contribution in [3.05, 3.63) is 52.0 Å². The van der Waals surface area contributed by atoms with Crippen LogP contribution in [0.1, 0.15) is 43.1 Å². The number of carbonyl (C=O) groups excluding carboxylic acids is 2. The number of hydrogen-bond acceptors (Lipinski definition) is 4. The Morgan fingerprint density at radius 2 is 1.83 bits per heavy atom. The topological polar surface area (TPSA) is 76.7 Å². The Balaban J connectivity index is 2.08. The second-order valence-electron chi connectivity index (χ2n) is 6.89. The Morgan fingerprint density at radius 3 is 2.41 bits per heavy atom. The van der Waals surface area contributed by atoms with Crippen LogP contribution < -0.4 is 20.1 Å². The van der Waals surface area contributed by atoms with Crippen molar-refractivity contribution in [2.75, 3.05) is 19.0 Å². The van der Waals surface area contributed by atoms with E-state index < -0.39 is 0 Å². The molecule has 2 aromatic rings. The van der Waals surface area contributed by atoms with Crippen LogP contribution in [-0.2, 0) is 11.2 Å². The fourth-order valence-corrected chi connectivity index (χ4v) is 3.22. The predicted octanol–water partition coefficient (Wildman–Crippen LogP) is 4.57. The zero-order chi connectivity index (χ0) is 21.4. The summed E-state index contributed by atoms with van der Waals surface area (Å²) in [6, 6.07) is 10.7. The first-order valence-corrected chi connectivity index (χ1v) is 10.3. The molecule has 29 heavy (non-hydrogen) atoms. The molecule has 0 heterocycles. The zero-order valence-electron chi connectivity index (χ0n) is 17.2. The van der Waals surface area contributed by atoms with E-state index in [0.717, 1.165) is 12.0 Å². The lowest BCUT2D eigenvalue weighted by molar-refractivity contribution is -0.120. The van der Waals surface area contributed by atoms with Gasteiger partial charge in [0.1, 0.15) is 0 Å². The summed E-state index contributed by atoms with van der Waals surface area (Å²) >= 11 is 3.45. The van der Waals surface area contributed by atoms with E-state index in [1.807, 2.05) is 32.9 Å². The van der Waals surface area contributed by atoms with Gasteiger partial charge in [-0.1, -0.05) is 19.1 Å². The van der Waals surface area contributed by atoms with Crippen molar-refractivity contribution >= 4 is 33.4 Å².